The number of rotatable bonds is 9. The van der Waals surface area contributed by atoms with Crippen molar-refractivity contribution in [3.8, 4) is 0 Å². The first-order valence-corrected chi connectivity index (χ1v) is 8.83. The smallest absolute Gasteiger partial charge is 0.244 e. The normalized spacial score (nSPS) is 14.6. The van der Waals surface area contributed by atoms with Crippen LogP contribution in [0.2, 0.25) is 0 Å². The molecule has 5 nitrogen and oxygen atoms in total. The second-order valence-corrected chi connectivity index (χ2v) is 6.93. The fourth-order valence-corrected chi connectivity index (χ4v) is 2.77. The van der Waals surface area contributed by atoms with Gasteiger partial charge in [0.15, 0.2) is 0 Å². The molecule has 0 aliphatic rings. The van der Waals surface area contributed by atoms with Gasteiger partial charge in [-0.1, -0.05) is 65.0 Å². The molecule has 138 valence electrons. The maximum absolute atomic E-state index is 13.2. The van der Waals surface area contributed by atoms with Crippen LogP contribution in [-0.4, -0.2) is 23.9 Å². The minimum absolute atomic E-state index is 0.00142. The van der Waals surface area contributed by atoms with Crippen molar-refractivity contribution < 1.29 is 9.59 Å². The number of carbonyl (C=O) groups excluding carboxylic acids is 2. The monoisotopic (exact) mass is 345 g/mol. The molecule has 1 aromatic carbocycles. The van der Waals surface area contributed by atoms with Crippen LogP contribution in [0.15, 0.2) is 30.8 Å². The minimum atomic E-state index is -0.747. The highest BCUT2D eigenvalue weighted by molar-refractivity contribution is 6.04. The standard InChI is InChI=1S/C20H31N3O2/c1-6-14(5)18(21)20(25)23(17(19(22)24)12-13(3)4)16-11-9-8-10-15(16)7-2/h7-11,13-14,17-18H,2,6,12,21H2,1,3-5H3,(H2,22,24). The Bertz CT molecular complexity index is 613. The summed E-state index contributed by atoms with van der Waals surface area (Å²) in [4.78, 5) is 26.9. The number of hydrogen-bond donors (Lipinski definition) is 2. The van der Waals surface area contributed by atoms with E-state index in [1.807, 2.05) is 45.9 Å². The van der Waals surface area contributed by atoms with Crippen molar-refractivity contribution in [3.63, 3.8) is 0 Å². The molecule has 1 aromatic rings. The van der Waals surface area contributed by atoms with Gasteiger partial charge in [0, 0.05) is 0 Å². The first-order valence-electron chi connectivity index (χ1n) is 8.83. The van der Waals surface area contributed by atoms with E-state index in [2.05, 4.69) is 6.58 Å². The van der Waals surface area contributed by atoms with Gasteiger partial charge in [0.2, 0.25) is 11.8 Å². The van der Waals surface area contributed by atoms with Gasteiger partial charge in [0.05, 0.1) is 11.7 Å². The Labute approximate surface area is 151 Å². The molecule has 0 radical (unpaired) electrons. The number of amides is 2. The van der Waals surface area contributed by atoms with Gasteiger partial charge in [-0.2, -0.15) is 0 Å². The predicted molar refractivity (Wildman–Crippen MR) is 104 cm³/mol. The zero-order valence-electron chi connectivity index (χ0n) is 15.7. The molecule has 25 heavy (non-hydrogen) atoms. The summed E-state index contributed by atoms with van der Waals surface area (Å²) in [6.07, 6.45) is 2.91. The highest BCUT2D eigenvalue weighted by Crippen LogP contribution is 2.27. The third-order valence-electron chi connectivity index (χ3n) is 4.53. The zero-order chi connectivity index (χ0) is 19.1. The lowest BCUT2D eigenvalue weighted by atomic mass is 9.95. The first kappa shape index (κ1) is 20.9. The Morgan fingerprint density at radius 1 is 1.24 bits per heavy atom. The van der Waals surface area contributed by atoms with Gasteiger partial charge in [-0.05, 0) is 29.9 Å². The fourth-order valence-electron chi connectivity index (χ4n) is 2.77. The van der Waals surface area contributed by atoms with Crippen LogP contribution in [-0.2, 0) is 9.59 Å². The van der Waals surface area contributed by atoms with E-state index in [1.165, 1.54) is 4.90 Å². The van der Waals surface area contributed by atoms with Gasteiger partial charge in [-0.25, -0.2) is 0 Å². The van der Waals surface area contributed by atoms with Crippen molar-refractivity contribution in [2.75, 3.05) is 4.90 Å². The van der Waals surface area contributed by atoms with E-state index in [1.54, 1.807) is 12.1 Å². The highest BCUT2D eigenvalue weighted by Gasteiger charge is 2.35. The van der Waals surface area contributed by atoms with Crippen molar-refractivity contribution >= 4 is 23.6 Å². The molecule has 0 bridgehead atoms. The first-order chi connectivity index (χ1) is 11.7. The van der Waals surface area contributed by atoms with Crippen LogP contribution >= 0.6 is 0 Å². The van der Waals surface area contributed by atoms with E-state index in [0.29, 0.717) is 12.1 Å². The molecule has 2 amide bonds. The van der Waals surface area contributed by atoms with Gasteiger partial charge in [-0.15, -0.1) is 0 Å². The van der Waals surface area contributed by atoms with Crippen LogP contribution in [0.25, 0.3) is 6.08 Å². The predicted octanol–water partition coefficient (Wildman–Crippen LogP) is 2.94. The Morgan fingerprint density at radius 3 is 2.32 bits per heavy atom. The van der Waals surface area contributed by atoms with Crippen LogP contribution in [0, 0.1) is 11.8 Å². The quantitative estimate of drug-likeness (QED) is 0.721. The Kier molecular flexibility index (Phi) is 7.84. The molecule has 0 spiro atoms. The van der Waals surface area contributed by atoms with E-state index < -0.39 is 18.0 Å². The molecular formula is C20H31N3O2. The molecule has 0 heterocycles. The summed E-state index contributed by atoms with van der Waals surface area (Å²) in [5, 5.41) is 0. The Balaban J connectivity index is 3.46. The highest BCUT2D eigenvalue weighted by atomic mass is 16.2. The van der Waals surface area contributed by atoms with Crippen LogP contribution in [0.4, 0.5) is 5.69 Å². The van der Waals surface area contributed by atoms with E-state index in [-0.39, 0.29) is 17.7 Å². The second-order valence-electron chi connectivity index (χ2n) is 6.93. The zero-order valence-corrected chi connectivity index (χ0v) is 15.7. The molecule has 1 rings (SSSR count). The Morgan fingerprint density at radius 2 is 1.84 bits per heavy atom. The van der Waals surface area contributed by atoms with E-state index in [9.17, 15) is 9.59 Å². The van der Waals surface area contributed by atoms with Gasteiger partial charge in [-0.3, -0.25) is 14.5 Å². The van der Waals surface area contributed by atoms with Gasteiger partial charge in [0.1, 0.15) is 6.04 Å². The van der Waals surface area contributed by atoms with E-state index in [4.69, 9.17) is 11.5 Å². The molecule has 4 N–H and O–H groups in total. The summed E-state index contributed by atoms with van der Waals surface area (Å²) < 4.78 is 0. The lowest BCUT2D eigenvalue weighted by molar-refractivity contribution is -0.126. The molecular weight excluding hydrogens is 314 g/mol. The third kappa shape index (κ3) is 5.16. The van der Waals surface area contributed by atoms with Crippen LogP contribution in [0.1, 0.15) is 46.1 Å². The number of nitrogens with two attached hydrogens (primary N) is 2. The van der Waals surface area contributed by atoms with Crippen LogP contribution in [0.3, 0.4) is 0 Å². The summed E-state index contributed by atoms with van der Waals surface area (Å²) >= 11 is 0. The topological polar surface area (TPSA) is 89.4 Å². The average molecular weight is 345 g/mol. The summed E-state index contributed by atoms with van der Waals surface area (Å²) in [5.74, 6) is -0.618. The largest absolute Gasteiger partial charge is 0.368 e. The molecule has 0 aromatic heterocycles. The third-order valence-corrected chi connectivity index (χ3v) is 4.53. The molecule has 0 aliphatic heterocycles. The number of primary amides is 1. The number of anilines is 1. The van der Waals surface area contributed by atoms with Crippen molar-refractivity contribution in [2.24, 2.45) is 23.3 Å². The van der Waals surface area contributed by atoms with Gasteiger partial charge in [0.25, 0.3) is 0 Å². The molecule has 5 heteroatoms. The summed E-state index contributed by atoms with van der Waals surface area (Å²) in [6, 6.07) is 5.89. The minimum Gasteiger partial charge on any atom is -0.368 e. The number of benzene rings is 1. The maximum atomic E-state index is 13.2. The van der Waals surface area contributed by atoms with Crippen LogP contribution < -0.4 is 16.4 Å². The molecule has 0 fully saturated rings. The van der Waals surface area contributed by atoms with Crippen molar-refractivity contribution in [3.05, 3.63) is 36.4 Å². The van der Waals surface area contributed by atoms with Crippen molar-refractivity contribution in [2.45, 2.75) is 52.6 Å². The van der Waals surface area contributed by atoms with Gasteiger partial charge >= 0.3 is 0 Å². The lowest BCUT2D eigenvalue weighted by Gasteiger charge is -2.35. The SMILES string of the molecule is C=Cc1ccccc1N(C(=O)C(N)C(C)CC)C(CC(C)C)C(N)=O. The summed E-state index contributed by atoms with van der Waals surface area (Å²) in [5.41, 5.74) is 13.2. The van der Waals surface area contributed by atoms with Gasteiger partial charge < -0.3 is 11.5 Å². The molecule has 0 saturated heterocycles. The number of carbonyl (C=O) groups is 2. The van der Waals surface area contributed by atoms with E-state index in [0.717, 1.165) is 12.0 Å². The molecule has 0 saturated carbocycles. The maximum Gasteiger partial charge on any atom is 0.244 e. The summed E-state index contributed by atoms with van der Waals surface area (Å²) in [6.45, 7) is 11.7. The Hall–Kier alpha value is -2.14. The molecule has 3 unspecified atom stereocenters. The fraction of sp³-hybridized carbons (Fsp3) is 0.500. The second kappa shape index (κ2) is 9.37. The average Bonchev–Trinajstić information content (AvgIpc) is 2.59. The van der Waals surface area contributed by atoms with E-state index >= 15 is 0 Å². The van der Waals surface area contributed by atoms with Crippen molar-refractivity contribution in [1.82, 2.24) is 0 Å². The number of nitrogens with zero attached hydrogens (tertiary/aromatic N) is 1. The molecule has 3 atom stereocenters. The number of para-hydroxylation sites is 1. The lowest BCUT2D eigenvalue weighted by Crippen LogP contribution is -2.55. The van der Waals surface area contributed by atoms with Crippen LogP contribution in [0.5, 0.6) is 0 Å². The molecule has 0 aliphatic carbocycles. The van der Waals surface area contributed by atoms with Crippen molar-refractivity contribution in [1.29, 1.82) is 0 Å². The number of hydrogen-bond acceptors (Lipinski definition) is 3. The summed E-state index contributed by atoms with van der Waals surface area (Å²) in [7, 11) is 0.